The molecule has 2 unspecified atom stereocenters. The van der Waals surface area contributed by atoms with Gasteiger partial charge in [-0.1, -0.05) is 33.9 Å². The molecule has 0 spiro atoms. The van der Waals surface area contributed by atoms with E-state index in [1.807, 2.05) is 6.92 Å². The van der Waals surface area contributed by atoms with Crippen molar-refractivity contribution >= 4 is 11.9 Å². The first-order chi connectivity index (χ1) is 9.65. The Labute approximate surface area is 128 Å². The lowest BCUT2D eigenvalue weighted by atomic mass is 9.88. The molecule has 120 valence electrons. The standard InChI is InChI=1S/C17H28O4/c1-11(2)15(10-21-17(19)13(5)6)8-14(7)9-20-16(18)12(3)4/h11,14-15H,3,5,8-10H2,1-2,4,6-7H3. The molecule has 4 heteroatoms. The third-order valence-corrected chi connectivity index (χ3v) is 3.27. The molecule has 0 aliphatic heterocycles. The highest BCUT2D eigenvalue weighted by Gasteiger charge is 2.20. The van der Waals surface area contributed by atoms with Crippen LogP contribution in [0.3, 0.4) is 0 Å². The Morgan fingerprint density at radius 1 is 0.905 bits per heavy atom. The fourth-order valence-electron chi connectivity index (χ4n) is 1.76. The topological polar surface area (TPSA) is 52.6 Å². The van der Waals surface area contributed by atoms with Gasteiger partial charge in [-0.3, -0.25) is 0 Å². The predicted octanol–water partition coefficient (Wildman–Crippen LogP) is 3.52. The highest BCUT2D eigenvalue weighted by Crippen LogP contribution is 2.21. The second-order valence-electron chi connectivity index (χ2n) is 6.10. The summed E-state index contributed by atoms with van der Waals surface area (Å²) in [6, 6.07) is 0. The van der Waals surface area contributed by atoms with E-state index in [4.69, 9.17) is 9.47 Å². The molecule has 0 heterocycles. The molecule has 2 atom stereocenters. The monoisotopic (exact) mass is 296 g/mol. The maximum Gasteiger partial charge on any atom is 0.333 e. The first-order valence-corrected chi connectivity index (χ1v) is 7.30. The zero-order valence-electron chi connectivity index (χ0n) is 13.9. The van der Waals surface area contributed by atoms with Crippen LogP contribution >= 0.6 is 0 Å². The summed E-state index contributed by atoms with van der Waals surface area (Å²) in [6.45, 7) is 17.3. The molecule has 0 bridgehead atoms. The Balaban J connectivity index is 4.30. The normalized spacial score (nSPS) is 13.4. The third kappa shape index (κ3) is 8.33. The lowest BCUT2D eigenvalue weighted by Crippen LogP contribution is -2.23. The van der Waals surface area contributed by atoms with Gasteiger partial charge in [-0.05, 0) is 38.0 Å². The molecule has 0 aliphatic rings. The first kappa shape index (κ1) is 19.4. The second-order valence-corrected chi connectivity index (χ2v) is 6.10. The van der Waals surface area contributed by atoms with E-state index < -0.39 is 0 Å². The van der Waals surface area contributed by atoms with E-state index in [0.29, 0.717) is 30.3 Å². The van der Waals surface area contributed by atoms with Crippen molar-refractivity contribution in [2.24, 2.45) is 17.8 Å². The molecule has 0 saturated carbocycles. The van der Waals surface area contributed by atoms with Crippen LogP contribution in [0.5, 0.6) is 0 Å². The average Bonchev–Trinajstić information content (AvgIpc) is 2.39. The zero-order chi connectivity index (χ0) is 16.6. The Morgan fingerprint density at radius 3 is 1.71 bits per heavy atom. The number of carbonyl (C=O) groups excluding carboxylic acids is 2. The fraction of sp³-hybridized carbons (Fsp3) is 0.647. The van der Waals surface area contributed by atoms with Gasteiger partial charge < -0.3 is 9.47 Å². The molecule has 0 amide bonds. The number of carbonyl (C=O) groups is 2. The summed E-state index contributed by atoms with van der Waals surface area (Å²) in [5.41, 5.74) is 0.805. The zero-order valence-corrected chi connectivity index (χ0v) is 13.9. The van der Waals surface area contributed by atoms with Crippen LogP contribution in [0.15, 0.2) is 24.3 Å². The van der Waals surface area contributed by atoms with Gasteiger partial charge in [-0.2, -0.15) is 0 Å². The summed E-state index contributed by atoms with van der Waals surface area (Å²) in [6.07, 6.45) is 0.824. The van der Waals surface area contributed by atoms with Crippen LogP contribution in [0.25, 0.3) is 0 Å². The minimum absolute atomic E-state index is 0.198. The summed E-state index contributed by atoms with van der Waals surface area (Å²) in [7, 11) is 0. The molecule has 0 aromatic rings. The van der Waals surface area contributed by atoms with Gasteiger partial charge in [-0.25, -0.2) is 9.59 Å². The number of ether oxygens (including phenoxy) is 2. The van der Waals surface area contributed by atoms with Crippen molar-refractivity contribution in [2.75, 3.05) is 13.2 Å². The van der Waals surface area contributed by atoms with E-state index in [0.717, 1.165) is 6.42 Å². The molecule has 0 rings (SSSR count). The molecule has 0 fully saturated rings. The Bertz CT molecular complexity index is 396. The van der Waals surface area contributed by atoms with Gasteiger partial charge in [0.1, 0.15) is 0 Å². The maximum atomic E-state index is 11.4. The van der Waals surface area contributed by atoms with Crippen molar-refractivity contribution in [3.8, 4) is 0 Å². The number of rotatable bonds is 9. The summed E-state index contributed by atoms with van der Waals surface area (Å²) in [5, 5.41) is 0. The second kappa shape index (κ2) is 9.37. The first-order valence-electron chi connectivity index (χ1n) is 7.30. The van der Waals surface area contributed by atoms with E-state index in [9.17, 15) is 9.59 Å². The van der Waals surface area contributed by atoms with E-state index in [1.54, 1.807) is 13.8 Å². The van der Waals surface area contributed by atoms with Crippen LogP contribution in [0.2, 0.25) is 0 Å². The molecule has 0 radical (unpaired) electrons. The van der Waals surface area contributed by atoms with E-state index in [-0.39, 0.29) is 23.8 Å². The SMILES string of the molecule is C=C(C)C(=O)OCC(C)CC(COC(=O)C(=C)C)C(C)C. The van der Waals surface area contributed by atoms with Gasteiger partial charge in [-0.15, -0.1) is 0 Å². The van der Waals surface area contributed by atoms with Crippen LogP contribution in [-0.4, -0.2) is 25.2 Å². The van der Waals surface area contributed by atoms with Gasteiger partial charge in [0.15, 0.2) is 0 Å². The van der Waals surface area contributed by atoms with Crippen molar-refractivity contribution in [3.05, 3.63) is 24.3 Å². The number of esters is 2. The average molecular weight is 296 g/mol. The van der Waals surface area contributed by atoms with Crippen molar-refractivity contribution in [1.29, 1.82) is 0 Å². The van der Waals surface area contributed by atoms with Crippen LogP contribution in [0, 0.1) is 17.8 Å². The van der Waals surface area contributed by atoms with Gasteiger partial charge in [0.05, 0.1) is 13.2 Å². The molecule has 21 heavy (non-hydrogen) atoms. The summed E-state index contributed by atoms with van der Waals surface area (Å²) < 4.78 is 10.4. The lowest BCUT2D eigenvalue weighted by molar-refractivity contribution is -0.141. The van der Waals surface area contributed by atoms with Crippen LogP contribution in [0.4, 0.5) is 0 Å². The van der Waals surface area contributed by atoms with Crippen molar-refractivity contribution in [1.82, 2.24) is 0 Å². The molecular weight excluding hydrogens is 268 g/mol. The van der Waals surface area contributed by atoms with E-state index in [1.165, 1.54) is 0 Å². The minimum Gasteiger partial charge on any atom is -0.462 e. The number of hydrogen-bond acceptors (Lipinski definition) is 4. The van der Waals surface area contributed by atoms with Crippen LogP contribution < -0.4 is 0 Å². The largest absolute Gasteiger partial charge is 0.462 e. The highest BCUT2D eigenvalue weighted by molar-refractivity contribution is 5.87. The van der Waals surface area contributed by atoms with Gasteiger partial charge in [0, 0.05) is 11.1 Å². The molecule has 0 aromatic carbocycles. The summed E-state index contributed by atoms with van der Waals surface area (Å²) in [4.78, 5) is 22.8. The van der Waals surface area contributed by atoms with E-state index in [2.05, 4.69) is 27.0 Å². The van der Waals surface area contributed by atoms with Gasteiger partial charge in [0.25, 0.3) is 0 Å². The number of hydrogen-bond donors (Lipinski definition) is 0. The Hall–Kier alpha value is -1.58. The van der Waals surface area contributed by atoms with Gasteiger partial charge in [0.2, 0.25) is 0 Å². The minimum atomic E-state index is -0.364. The molecule has 0 aromatic heterocycles. The molecule has 0 saturated heterocycles. The lowest BCUT2D eigenvalue weighted by Gasteiger charge is -2.24. The highest BCUT2D eigenvalue weighted by atomic mass is 16.5. The molecule has 4 nitrogen and oxygen atoms in total. The van der Waals surface area contributed by atoms with Gasteiger partial charge >= 0.3 is 11.9 Å². The van der Waals surface area contributed by atoms with Crippen LogP contribution in [-0.2, 0) is 19.1 Å². The Morgan fingerprint density at radius 2 is 1.33 bits per heavy atom. The predicted molar refractivity (Wildman–Crippen MR) is 83.7 cm³/mol. The third-order valence-electron chi connectivity index (χ3n) is 3.27. The smallest absolute Gasteiger partial charge is 0.333 e. The maximum absolute atomic E-state index is 11.4. The molecule has 0 N–H and O–H groups in total. The van der Waals surface area contributed by atoms with E-state index >= 15 is 0 Å². The fourth-order valence-corrected chi connectivity index (χ4v) is 1.76. The summed E-state index contributed by atoms with van der Waals surface area (Å²) in [5.74, 6) is 0.0805. The Kier molecular flexibility index (Phi) is 8.67. The van der Waals surface area contributed by atoms with Crippen LogP contribution in [0.1, 0.15) is 41.0 Å². The quantitative estimate of drug-likeness (QED) is 0.482. The van der Waals surface area contributed by atoms with Crippen molar-refractivity contribution in [3.63, 3.8) is 0 Å². The molecular formula is C17H28O4. The summed E-state index contributed by atoms with van der Waals surface area (Å²) >= 11 is 0. The molecule has 0 aliphatic carbocycles. The van der Waals surface area contributed by atoms with Crippen molar-refractivity contribution in [2.45, 2.75) is 41.0 Å². The van der Waals surface area contributed by atoms with Crippen molar-refractivity contribution < 1.29 is 19.1 Å².